The molecule has 3 nitrogen and oxygen atoms in total. The van der Waals surface area contributed by atoms with Crippen molar-refractivity contribution in [2.24, 2.45) is 0 Å². The van der Waals surface area contributed by atoms with E-state index in [0.29, 0.717) is 16.7 Å². The van der Waals surface area contributed by atoms with E-state index < -0.39 is 5.60 Å². The first-order chi connectivity index (χ1) is 12.2. The summed E-state index contributed by atoms with van der Waals surface area (Å²) in [5.41, 5.74) is 2.73. The lowest BCUT2D eigenvalue weighted by molar-refractivity contribution is 0.0488. The molecule has 4 aromatic rings. The van der Waals surface area contributed by atoms with Crippen LogP contribution in [-0.4, -0.2) is 15.9 Å². The monoisotopic (exact) mass is 325 g/mol. The van der Waals surface area contributed by atoms with Gasteiger partial charge in [0.25, 0.3) is 0 Å². The molecule has 0 bridgehead atoms. The van der Waals surface area contributed by atoms with E-state index in [1.165, 1.54) is 0 Å². The molecule has 1 aromatic heterocycles. The van der Waals surface area contributed by atoms with Crippen LogP contribution in [0.2, 0.25) is 0 Å². The van der Waals surface area contributed by atoms with Gasteiger partial charge in [-0.15, -0.1) is 0 Å². The standard InChI is InChI=1S/C22H15NO2/c24-21-16-9-2-1-7-14(16)15-8-3-5-11-18(15)22(21,25)19-13-23-20-12-6-4-10-17(19)20/h1-13,23,25H. The average molecular weight is 325 g/mol. The van der Waals surface area contributed by atoms with Crippen LogP contribution in [0.15, 0.2) is 79.0 Å². The first kappa shape index (κ1) is 14.2. The zero-order valence-corrected chi connectivity index (χ0v) is 13.4. The second-order valence-electron chi connectivity index (χ2n) is 6.38. The van der Waals surface area contributed by atoms with Crippen LogP contribution in [-0.2, 0) is 5.60 Å². The predicted molar refractivity (Wildman–Crippen MR) is 97.5 cm³/mol. The summed E-state index contributed by atoms with van der Waals surface area (Å²) in [5, 5.41) is 12.6. The highest BCUT2D eigenvalue weighted by Crippen LogP contribution is 2.46. The fraction of sp³-hybridized carbons (Fsp3) is 0.0455. The van der Waals surface area contributed by atoms with Gasteiger partial charge in [-0.1, -0.05) is 66.7 Å². The molecule has 0 saturated heterocycles. The van der Waals surface area contributed by atoms with E-state index >= 15 is 0 Å². The molecular weight excluding hydrogens is 310 g/mol. The summed E-state index contributed by atoms with van der Waals surface area (Å²) in [6, 6.07) is 22.8. The third-order valence-corrected chi connectivity index (χ3v) is 5.09. The maximum atomic E-state index is 13.4. The van der Waals surface area contributed by atoms with Crippen molar-refractivity contribution in [3.05, 3.63) is 95.7 Å². The lowest BCUT2D eigenvalue weighted by Crippen LogP contribution is -2.40. The number of benzene rings is 3. The van der Waals surface area contributed by atoms with E-state index in [1.54, 1.807) is 12.3 Å². The minimum Gasteiger partial charge on any atom is -0.373 e. The number of para-hydroxylation sites is 1. The van der Waals surface area contributed by atoms with Gasteiger partial charge in [0.1, 0.15) is 0 Å². The quantitative estimate of drug-likeness (QED) is 0.549. The predicted octanol–water partition coefficient (Wildman–Crippen LogP) is 4.27. The molecule has 0 radical (unpaired) electrons. The highest BCUT2D eigenvalue weighted by Gasteiger charge is 2.47. The van der Waals surface area contributed by atoms with Crippen molar-refractivity contribution in [1.29, 1.82) is 0 Å². The van der Waals surface area contributed by atoms with E-state index in [2.05, 4.69) is 4.98 Å². The molecule has 25 heavy (non-hydrogen) atoms. The minimum atomic E-state index is -1.70. The molecule has 0 spiro atoms. The summed E-state index contributed by atoms with van der Waals surface area (Å²) in [7, 11) is 0. The number of hydrogen-bond acceptors (Lipinski definition) is 2. The van der Waals surface area contributed by atoms with Gasteiger partial charge < -0.3 is 10.1 Å². The first-order valence-corrected chi connectivity index (χ1v) is 8.24. The molecule has 0 fully saturated rings. The Morgan fingerprint density at radius 2 is 1.36 bits per heavy atom. The highest BCUT2D eigenvalue weighted by molar-refractivity contribution is 6.14. The minimum absolute atomic E-state index is 0.286. The summed E-state index contributed by atoms with van der Waals surface area (Å²) < 4.78 is 0. The molecule has 1 atom stereocenters. The van der Waals surface area contributed by atoms with Gasteiger partial charge in [0, 0.05) is 33.8 Å². The van der Waals surface area contributed by atoms with Gasteiger partial charge in [-0.3, -0.25) is 4.79 Å². The second-order valence-corrected chi connectivity index (χ2v) is 6.38. The van der Waals surface area contributed by atoms with Crippen molar-refractivity contribution in [3.8, 4) is 11.1 Å². The highest BCUT2D eigenvalue weighted by atomic mass is 16.3. The summed E-state index contributed by atoms with van der Waals surface area (Å²) in [4.78, 5) is 16.6. The van der Waals surface area contributed by atoms with Gasteiger partial charge in [0.2, 0.25) is 5.78 Å². The molecular formula is C22H15NO2. The van der Waals surface area contributed by atoms with Gasteiger partial charge in [-0.25, -0.2) is 0 Å². The molecule has 0 saturated carbocycles. The maximum absolute atomic E-state index is 13.4. The number of carbonyl (C=O) groups excluding carboxylic acids is 1. The molecule has 3 heteroatoms. The summed E-state index contributed by atoms with van der Waals surface area (Å²) in [5.74, 6) is -0.286. The van der Waals surface area contributed by atoms with E-state index in [4.69, 9.17) is 0 Å². The zero-order valence-electron chi connectivity index (χ0n) is 13.4. The number of Topliss-reactive ketones (excluding diaryl/α,β-unsaturated/α-hetero) is 1. The number of rotatable bonds is 1. The number of aliphatic hydroxyl groups is 1. The van der Waals surface area contributed by atoms with Crippen molar-refractivity contribution in [2.75, 3.05) is 0 Å². The van der Waals surface area contributed by atoms with Crippen LogP contribution in [0, 0.1) is 0 Å². The molecule has 1 unspecified atom stereocenters. The average Bonchev–Trinajstić information content (AvgIpc) is 3.11. The summed E-state index contributed by atoms with van der Waals surface area (Å²) in [6.07, 6.45) is 1.74. The Hall–Kier alpha value is -3.17. The second kappa shape index (κ2) is 4.91. The Balaban J connectivity index is 1.89. The number of hydrogen-bond donors (Lipinski definition) is 2. The molecule has 5 rings (SSSR count). The van der Waals surface area contributed by atoms with E-state index in [1.807, 2.05) is 66.7 Å². The van der Waals surface area contributed by atoms with Crippen molar-refractivity contribution in [1.82, 2.24) is 4.98 Å². The lowest BCUT2D eigenvalue weighted by atomic mass is 9.71. The van der Waals surface area contributed by atoms with Crippen molar-refractivity contribution in [3.63, 3.8) is 0 Å². The summed E-state index contributed by atoms with van der Waals surface area (Å²) in [6.45, 7) is 0. The number of nitrogens with one attached hydrogen (secondary N) is 1. The number of H-pyrrole nitrogens is 1. The molecule has 1 heterocycles. The Morgan fingerprint density at radius 1 is 0.720 bits per heavy atom. The SMILES string of the molecule is O=C1c2ccccc2-c2ccccc2C1(O)c1c[nH]c2ccccc12. The number of ketones is 1. The molecule has 120 valence electrons. The molecule has 0 aliphatic heterocycles. The molecule has 2 N–H and O–H groups in total. The van der Waals surface area contributed by atoms with Crippen LogP contribution in [0.1, 0.15) is 21.5 Å². The number of aromatic nitrogens is 1. The largest absolute Gasteiger partial charge is 0.373 e. The van der Waals surface area contributed by atoms with Crippen LogP contribution < -0.4 is 0 Å². The Labute approximate surface area is 144 Å². The molecule has 1 aliphatic rings. The smallest absolute Gasteiger partial charge is 0.204 e. The van der Waals surface area contributed by atoms with Crippen LogP contribution in [0.3, 0.4) is 0 Å². The van der Waals surface area contributed by atoms with Crippen molar-refractivity contribution in [2.45, 2.75) is 5.60 Å². The van der Waals surface area contributed by atoms with Crippen molar-refractivity contribution >= 4 is 16.7 Å². The molecule has 1 aliphatic carbocycles. The van der Waals surface area contributed by atoms with Gasteiger partial charge in [-0.2, -0.15) is 0 Å². The third-order valence-electron chi connectivity index (χ3n) is 5.09. The number of carbonyl (C=O) groups is 1. The first-order valence-electron chi connectivity index (χ1n) is 8.24. The molecule has 3 aromatic carbocycles. The lowest BCUT2D eigenvalue weighted by Gasteiger charge is -2.34. The Morgan fingerprint density at radius 3 is 2.20 bits per heavy atom. The Kier molecular flexibility index (Phi) is 2.79. The van der Waals surface area contributed by atoms with Gasteiger partial charge in [0.05, 0.1) is 0 Å². The van der Waals surface area contributed by atoms with Crippen LogP contribution in [0.25, 0.3) is 22.0 Å². The van der Waals surface area contributed by atoms with E-state index in [-0.39, 0.29) is 5.78 Å². The molecule has 0 amide bonds. The van der Waals surface area contributed by atoms with Gasteiger partial charge >= 0.3 is 0 Å². The van der Waals surface area contributed by atoms with Crippen LogP contribution in [0.4, 0.5) is 0 Å². The fourth-order valence-electron chi connectivity index (χ4n) is 3.90. The third kappa shape index (κ3) is 1.76. The number of fused-ring (bicyclic) bond motifs is 4. The topological polar surface area (TPSA) is 53.1 Å². The van der Waals surface area contributed by atoms with E-state index in [0.717, 1.165) is 22.0 Å². The van der Waals surface area contributed by atoms with Gasteiger partial charge in [0.15, 0.2) is 5.60 Å². The Bertz CT molecular complexity index is 1140. The van der Waals surface area contributed by atoms with Crippen LogP contribution in [0.5, 0.6) is 0 Å². The summed E-state index contributed by atoms with van der Waals surface area (Å²) >= 11 is 0. The number of aromatic amines is 1. The zero-order chi connectivity index (χ0) is 17.0. The van der Waals surface area contributed by atoms with Gasteiger partial charge in [-0.05, 0) is 17.2 Å². The fourth-order valence-corrected chi connectivity index (χ4v) is 3.90. The van der Waals surface area contributed by atoms with E-state index in [9.17, 15) is 9.90 Å². The maximum Gasteiger partial charge on any atom is 0.204 e. The normalized spacial score (nSPS) is 18.8. The van der Waals surface area contributed by atoms with Crippen LogP contribution >= 0.6 is 0 Å². The van der Waals surface area contributed by atoms with Crippen molar-refractivity contribution < 1.29 is 9.90 Å².